The molecule has 0 bridgehead atoms. The molecule has 94 valence electrons. The molecular weight excluding hydrogens is 294 g/mol. The van der Waals surface area contributed by atoms with Crippen LogP contribution in [-0.4, -0.2) is 16.5 Å². The maximum absolute atomic E-state index is 5.69. The first-order valence-corrected chi connectivity index (χ1v) is 6.49. The van der Waals surface area contributed by atoms with Crippen LogP contribution >= 0.6 is 15.9 Å². The van der Waals surface area contributed by atoms with Gasteiger partial charge >= 0.3 is 0 Å². The second-order valence-electron chi connectivity index (χ2n) is 3.76. The van der Waals surface area contributed by atoms with Crippen LogP contribution in [0.4, 0.5) is 5.95 Å². The molecule has 18 heavy (non-hydrogen) atoms. The van der Waals surface area contributed by atoms with E-state index in [1.54, 1.807) is 12.3 Å². The zero-order chi connectivity index (χ0) is 13.0. The Labute approximate surface area is 115 Å². The first kappa shape index (κ1) is 12.8. The average molecular weight is 308 g/mol. The van der Waals surface area contributed by atoms with Gasteiger partial charge in [0.05, 0.1) is 0 Å². The van der Waals surface area contributed by atoms with Crippen LogP contribution in [0.15, 0.2) is 34.9 Å². The van der Waals surface area contributed by atoms with E-state index < -0.39 is 0 Å². The van der Waals surface area contributed by atoms with Crippen molar-refractivity contribution in [2.24, 2.45) is 0 Å². The Bertz CT molecular complexity index is 546. The SMILES string of the molecule is CCNc1nccc(Oc2ccc(Br)c(C)c2)n1. The molecule has 0 radical (unpaired) electrons. The summed E-state index contributed by atoms with van der Waals surface area (Å²) in [7, 11) is 0. The second kappa shape index (κ2) is 5.82. The van der Waals surface area contributed by atoms with E-state index >= 15 is 0 Å². The number of halogens is 1. The summed E-state index contributed by atoms with van der Waals surface area (Å²) < 4.78 is 6.75. The van der Waals surface area contributed by atoms with Crippen molar-refractivity contribution in [1.82, 2.24) is 9.97 Å². The van der Waals surface area contributed by atoms with Crippen LogP contribution in [-0.2, 0) is 0 Å². The van der Waals surface area contributed by atoms with Crippen LogP contribution in [0, 0.1) is 6.92 Å². The van der Waals surface area contributed by atoms with E-state index in [1.165, 1.54) is 0 Å². The summed E-state index contributed by atoms with van der Waals surface area (Å²) in [4.78, 5) is 8.35. The van der Waals surface area contributed by atoms with E-state index in [-0.39, 0.29) is 0 Å². The zero-order valence-corrected chi connectivity index (χ0v) is 11.9. The van der Waals surface area contributed by atoms with Crippen molar-refractivity contribution in [3.63, 3.8) is 0 Å². The number of benzene rings is 1. The highest BCUT2D eigenvalue weighted by Gasteiger charge is 2.02. The highest BCUT2D eigenvalue weighted by molar-refractivity contribution is 9.10. The van der Waals surface area contributed by atoms with E-state index in [9.17, 15) is 0 Å². The molecule has 0 saturated carbocycles. The average Bonchev–Trinajstić information content (AvgIpc) is 2.35. The number of aryl methyl sites for hydroxylation is 1. The van der Waals surface area contributed by atoms with Gasteiger partial charge in [0, 0.05) is 23.3 Å². The van der Waals surface area contributed by atoms with E-state index in [0.717, 1.165) is 22.3 Å². The van der Waals surface area contributed by atoms with Gasteiger partial charge in [-0.15, -0.1) is 0 Å². The van der Waals surface area contributed by atoms with Crippen LogP contribution < -0.4 is 10.1 Å². The fourth-order valence-corrected chi connectivity index (χ4v) is 1.69. The molecule has 0 saturated heterocycles. The monoisotopic (exact) mass is 307 g/mol. The third kappa shape index (κ3) is 3.20. The summed E-state index contributed by atoms with van der Waals surface area (Å²) in [6.45, 7) is 4.79. The van der Waals surface area contributed by atoms with Gasteiger partial charge in [0.15, 0.2) is 0 Å². The molecule has 2 rings (SSSR count). The lowest BCUT2D eigenvalue weighted by Gasteiger charge is -2.07. The second-order valence-corrected chi connectivity index (χ2v) is 4.62. The van der Waals surface area contributed by atoms with E-state index in [0.29, 0.717) is 11.8 Å². The predicted octanol–water partition coefficient (Wildman–Crippen LogP) is 3.77. The molecular formula is C13H14BrN3O. The van der Waals surface area contributed by atoms with Gasteiger partial charge in [0.25, 0.3) is 0 Å². The third-order valence-electron chi connectivity index (χ3n) is 2.32. The van der Waals surface area contributed by atoms with Crippen molar-refractivity contribution in [2.45, 2.75) is 13.8 Å². The number of aromatic nitrogens is 2. The highest BCUT2D eigenvalue weighted by Crippen LogP contribution is 2.25. The highest BCUT2D eigenvalue weighted by atomic mass is 79.9. The van der Waals surface area contributed by atoms with Crippen molar-refractivity contribution in [1.29, 1.82) is 0 Å². The summed E-state index contributed by atoms with van der Waals surface area (Å²) in [5.74, 6) is 1.86. The molecule has 0 aliphatic rings. The maximum atomic E-state index is 5.69. The molecule has 0 aliphatic carbocycles. The summed E-state index contributed by atoms with van der Waals surface area (Å²) >= 11 is 3.46. The molecule has 5 heteroatoms. The van der Waals surface area contributed by atoms with Crippen LogP contribution in [0.2, 0.25) is 0 Å². The van der Waals surface area contributed by atoms with Crippen LogP contribution in [0.1, 0.15) is 12.5 Å². The molecule has 0 atom stereocenters. The Balaban J connectivity index is 2.17. The Morgan fingerprint density at radius 3 is 2.89 bits per heavy atom. The molecule has 0 aliphatic heterocycles. The lowest BCUT2D eigenvalue weighted by Crippen LogP contribution is -2.02. The number of hydrogen-bond acceptors (Lipinski definition) is 4. The van der Waals surface area contributed by atoms with Gasteiger partial charge in [-0.05, 0) is 37.6 Å². The molecule has 1 aromatic heterocycles. The summed E-state index contributed by atoms with van der Waals surface area (Å²) in [5, 5.41) is 3.04. The molecule has 2 aromatic rings. The fourth-order valence-electron chi connectivity index (χ4n) is 1.44. The first-order valence-electron chi connectivity index (χ1n) is 5.70. The van der Waals surface area contributed by atoms with Crippen LogP contribution in [0.5, 0.6) is 11.6 Å². The van der Waals surface area contributed by atoms with Crippen LogP contribution in [0.3, 0.4) is 0 Å². The summed E-state index contributed by atoms with van der Waals surface area (Å²) in [6, 6.07) is 7.54. The summed E-state index contributed by atoms with van der Waals surface area (Å²) in [5.41, 5.74) is 1.12. The minimum atomic E-state index is 0.530. The topological polar surface area (TPSA) is 47.0 Å². The van der Waals surface area contributed by atoms with Gasteiger partial charge in [-0.3, -0.25) is 0 Å². The smallest absolute Gasteiger partial charge is 0.225 e. The molecule has 0 amide bonds. The Kier molecular flexibility index (Phi) is 4.15. The van der Waals surface area contributed by atoms with Gasteiger partial charge < -0.3 is 10.1 Å². The maximum Gasteiger partial charge on any atom is 0.225 e. The molecule has 1 aromatic carbocycles. The lowest BCUT2D eigenvalue weighted by atomic mass is 10.2. The number of rotatable bonds is 4. The van der Waals surface area contributed by atoms with Crippen molar-refractivity contribution in [3.05, 3.63) is 40.5 Å². The van der Waals surface area contributed by atoms with Gasteiger partial charge in [0.1, 0.15) is 5.75 Å². The number of anilines is 1. The zero-order valence-electron chi connectivity index (χ0n) is 10.3. The van der Waals surface area contributed by atoms with Crippen molar-refractivity contribution < 1.29 is 4.74 Å². The van der Waals surface area contributed by atoms with Crippen molar-refractivity contribution in [2.75, 3.05) is 11.9 Å². The van der Waals surface area contributed by atoms with Crippen molar-refractivity contribution >= 4 is 21.9 Å². The largest absolute Gasteiger partial charge is 0.439 e. The molecule has 1 heterocycles. The Morgan fingerprint density at radius 2 is 2.17 bits per heavy atom. The van der Waals surface area contributed by atoms with Gasteiger partial charge in [0.2, 0.25) is 11.8 Å². The van der Waals surface area contributed by atoms with E-state index in [2.05, 4.69) is 31.2 Å². The molecule has 4 nitrogen and oxygen atoms in total. The number of ether oxygens (including phenoxy) is 1. The molecule has 0 spiro atoms. The minimum absolute atomic E-state index is 0.530. The van der Waals surface area contributed by atoms with Crippen LogP contribution in [0.25, 0.3) is 0 Å². The fraction of sp³-hybridized carbons (Fsp3) is 0.231. The Hall–Kier alpha value is -1.62. The number of nitrogens with zero attached hydrogens (tertiary/aromatic N) is 2. The first-order chi connectivity index (χ1) is 8.69. The molecule has 0 unspecified atom stereocenters. The molecule has 0 fully saturated rings. The molecule has 1 N–H and O–H groups in total. The lowest BCUT2D eigenvalue weighted by molar-refractivity contribution is 0.462. The number of nitrogens with one attached hydrogen (secondary N) is 1. The van der Waals surface area contributed by atoms with Crippen molar-refractivity contribution in [3.8, 4) is 11.6 Å². The minimum Gasteiger partial charge on any atom is -0.439 e. The quantitative estimate of drug-likeness (QED) is 0.934. The van der Waals surface area contributed by atoms with Gasteiger partial charge in [-0.1, -0.05) is 15.9 Å². The Morgan fingerprint density at radius 1 is 1.33 bits per heavy atom. The number of hydrogen-bond donors (Lipinski definition) is 1. The normalized spacial score (nSPS) is 10.2. The van der Waals surface area contributed by atoms with E-state index in [1.807, 2.05) is 32.0 Å². The summed E-state index contributed by atoms with van der Waals surface area (Å²) in [6.07, 6.45) is 1.67. The van der Waals surface area contributed by atoms with Gasteiger partial charge in [-0.25, -0.2) is 4.98 Å². The third-order valence-corrected chi connectivity index (χ3v) is 3.21. The van der Waals surface area contributed by atoms with E-state index in [4.69, 9.17) is 4.74 Å². The van der Waals surface area contributed by atoms with Gasteiger partial charge in [-0.2, -0.15) is 4.98 Å². The standard InChI is InChI=1S/C13H14BrN3O/c1-3-15-13-16-7-6-12(17-13)18-10-4-5-11(14)9(2)8-10/h4-8H,3H2,1-2H3,(H,15,16,17). The predicted molar refractivity (Wildman–Crippen MR) is 75.1 cm³/mol.